The number of nitrogens with zero attached hydrogens (tertiary/aromatic N) is 1. The number of aliphatic hydroxyl groups is 1. The van der Waals surface area contributed by atoms with Gasteiger partial charge >= 0.3 is 0 Å². The fraction of sp³-hybridized carbons (Fsp3) is 0.400. The van der Waals surface area contributed by atoms with Crippen LogP contribution in [0.15, 0.2) is 12.3 Å². The van der Waals surface area contributed by atoms with Crippen LogP contribution in [0.2, 0.25) is 0 Å². The summed E-state index contributed by atoms with van der Waals surface area (Å²) in [6.45, 7) is 0. The van der Waals surface area contributed by atoms with E-state index in [9.17, 15) is 4.79 Å². The van der Waals surface area contributed by atoms with Gasteiger partial charge in [-0.25, -0.2) is 0 Å². The molecule has 0 aromatic rings. The van der Waals surface area contributed by atoms with Gasteiger partial charge in [0.2, 0.25) is 6.41 Å². The van der Waals surface area contributed by atoms with Gasteiger partial charge in [0.15, 0.2) is 0 Å². The van der Waals surface area contributed by atoms with E-state index in [0.29, 0.717) is 12.8 Å². The second-order valence-electron chi connectivity index (χ2n) is 1.65. The standard InChI is InChI=1S/C5H7NO2/c7-4-6-3-1-2-5(6)8/h1,3-5,8H,2H2. The fourth-order valence-corrected chi connectivity index (χ4v) is 0.631. The Bertz CT molecular complexity index is 122. The van der Waals surface area contributed by atoms with Gasteiger partial charge in [-0.05, 0) is 0 Å². The number of hydrogen-bond acceptors (Lipinski definition) is 2. The van der Waals surface area contributed by atoms with Crippen molar-refractivity contribution in [2.24, 2.45) is 0 Å². The molecule has 1 unspecified atom stereocenters. The lowest BCUT2D eigenvalue weighted by molar-refractivity contribution is -0.121. The van der Waals surface area contributed by atoms with Crippen LogP contribution in [0.1, 0.15) is 6.42 Å². The lowest BCUT2D eigenvalue weighted by atomic mass is 10.4. The second-order valence-corrected chi connectivity index (χ2v) is 1.65. The van der Waals surface area contributed by atoms with Crippen LogP contribution in [0, 0.1) is 0 Å². The van der Waals surface area contributed by atoms with Gasteiger partial charge in [0.05, 0.1) is 0 Å². The fourth-order valence-electron chi connectivity index (χ4n) is 0.631. The first kappa shape index (κ1) is 5.31. The van der Waals surface area contributed by atoms with Crippen molar-refractivity contribution in [3.05, 3.63) is 12.3 Å². The Labute approximate surface area is 47.2 Å². The van der Waals surface area contributed by atoms with Crippen LogP contribution in [-0.2, 0) is 4.79 Å². The summed E-state index contributed by atoms with van der Waals surface area (Å²) >= 11 is 0. The molecule has 0 bridgehead atoms. The predicted molar refractivity (Wildman–Crippen MR) is 27.7 cm³/mol. The van der Waals surface area contributed by atoms with Crippen LogP contribution in [0.3, 0.4) is 0 Å². The van der Waals surface area contributed by atoms with Crippen molar-refractivity contribution in [2.45, 2.75) is 12.6 Å². The van der Waals surface area contributed by atoms with Crippen molar-refractivity contribution >= 4 is 6.41 Å². The molecular formula is C5H7NO2. The third-order valence-electron chi connectivity index (χ3n) is 1.09. The lowest BCUT2D eigenvalue weighted by Gasteiger charge is -2.10. The molecule has 3 heteroatoms. The Balaban J connectivity index is 2.52. The minimum Gasteiger partial charge on any atom is -0.373 e. The first-order valence-corrected chi connectivity index (χ1v) is 2.42. The first-order valence-electron chi connectivity index (χ1n) is 2.42. The molecule has 1 heterocycles. The average Bonchev–Trinajstić information content (AvgIpc) is 2.14. The molecule has 8 heavy (non-hydrogen) atoms. The third kappa shape index (κ3) is 0.721. The van der Waals surface area contributed by atoms with Crippen molar-refractivity contribution in [2.75, 3.05) is 0 Å². The SMILES string of the molecule is O=CN1C=CCC1O. The van der Waals surface area contributed by atoms with E-state index in [-0.39, 0.29) is 0 Å². The lowest BCUT2D eigenvalue weighted by Crippen LogP contribution is -2.23. The molecule has 0 saturated heterocycles. The van der Waals surface area contributed by atoms with Crippen molar-refractivity contribution in [3.8, 4) is 0 Å². The van der Waals surface area contributed by atoms with E-state index in [1.807, 2.05) is 0 Å². The Morgan fingerprint density at radius 3 is 2.88 bits per heavy atom. The quantitative estimate of drug-likeness (QED) is 0.473. The van der Waals surface area contributed by atoms with Gasteiger partial charge in [-0.3, -0.25) is 9.69 Å². The summed E-state index contributed by atoms with van der Waals surface area (Å²) in [5.74, 6) is 0. The number of aliphatic hydroxyl groups excluding tert-OH is 1. The molecule has 0 saturated carbocycles. The van der Waals surface area contributed by atoms with E-state index in [1.54, 1.807) is 12.3 Å². The molecule has 1 aliphatic rings. The van der Waals surface area contributed by atoms with E-state index in [4.69, 9.17) is 5.11 Å². The summed E-state index contributed by atoms with van der Waals surface area (Å²) in [5.41, 5.74) is 0. The van der Waals surface area contributed by atoms with Crippen molar-refractivity contribution in [1.29, 1.82) is 0 Å². The molecule has 0 aromatic carbocycles. The number of hydrogen-bond donors (Lipinski definition) is 1. The highest BCUT2D eigenvalue weighted by Gasteiger charge is 2.13. The highest BCUT2D eigenvalue weighted by molar-refractivity contribution is 5.50. The van der Waals surface area contributed by atoms with Gasteiger partial charge in [-0.2, -0.15) is 0 Å². The minimum atomic E-state index is -0.618. The molecule has 1 aliphatic heterocycles. The molecule has 0 spiro atoms. The molecule has 1 atom stereocenters. The Morgan fingerprint density at radius 1 is 1.88 bits per heavy atom. The van der Waals surface area contributed by atoms with Gasteiger partial charge in [0.25, 0.3) is 0 Å². The Hall–Kier alpha value is -0.830. The molecule has 1 N–H and O–H groups in total. The van der Waals surface area contributed by atoms with Crippen LogP contribution in [0.5, 0.6) is 0 Å². The van der Waals surface area contributed by atoms with E-state index in [0.717, 1.165) is 0 Å². The Morgan fingerprint density at radius 2 is 2.62 bits per heavy atom. The molecule has 0 aliphatic carbocycles. The van der Waals surface area contributed by atoms with Crippen molar-refractivity contribution in [1.82, 2.24) is 4.90 Å². The van der Waals surface area contributed by atoms with Crippen LogP contribution in [0.4, 0.5) is 0 Å². The highest BCUT2D eigenvalue weighted by atomic mass is 16.3. The summed E-state index contributed by atoms with van der Waals surface area (Å²) in [5, 5.41) is 8.82. The van der Waals surface area contributed by atoms with Gasteiger partial charge in [0, 0.05) is 12.6 Å². The van der Waals surface area contributed by atoms with Crippen molar-refractivity contribution in [3.63, 3.8) is 0 Å². The average molecular weight is 113 g/mol. The summed E-state index contributed by atoms with van der Waals surface area (Å²) < 4.78 is 0. The van der Waals surface area contributed by atoms with Gasteiger partial charge < -0.3 is 5.11 Å². The second kappa shape index (κ2) is 1.96. The van der Waals surface area contributed by atoms with Gasteiger partial charge in [-0.15, -0.1) is 0 Å². The van der Waals surface area contributed by atoms with Crippen LogP contribution in [0.25, 0.3) is 0 Å². The van der Waals surface area contributed by atoms with Gasteiger partial charge in [-0.1, -0.05) is 6.08 Å². The summed E-state index contributed by atoms with van der Waals surface area (Å²) in [6.07, 6.45) is 3.86. The number of carbonyl (C=O) groups excluding carboxylic acids is 1. The first-order chi connectivity index (χ1) is 3.84. The van der Waals surface area contributed by atoms with Crippen LogP contribution in [-0.4, -0.2) is 22.6 Å². The largest absolute Gasteiger partial charge is 0.373 e. The number of carbonyl (C=O) groups is 1. The zero-order valence-corrected chi connectivity index (χ0v) is 4.32. The normalized spacial score (nSPS) is 26.6. The van der Waals surface area contributed by atoms with E-state index in [2.05, 4.69) is 0 Å². The molecular weight excluding hydrogens is 106 g/mol. The van der Waals surface area contributed by atoms with E-state index >= 15 is 0 Å². The van der Waals surface area contributed by atoms with Gasteiger partial charge in [0.1, 0.15) is 6.23 Å². The molecule has 0 radical (unpaired) electrons. The zero-order chi connectivity index (χ0) is 5.98. The Kier molecular flexibility index (Phi) is 1.30. The molecule has 0 aromatic heterocycles. The van der Waals surface area contributed by atoms with Crippen molar-refractivity contribution < 1.29 is 9.90 Å². The maximum Gasteiger partial charge on any atom is 0.215 e. The summed E-state index contributed by atoms with van der Waals surface area (Å²) in [6, 6.07) is 0. The van der Waals surface area contributed by atoms with Crippen LogP contribution < -0.4 is 0 Å². The van der Waals surface area contributed by atoms with Crippen LogP contribution >= 0.6 is 0 Å². The molecule has 1 amide bonds. The van der Waals surface area contributed by atoms with E-state index in [1.165, 1.54) is 4.90 Å². The molecule has 44 valence electrons. The molecule has 0 fully saturated rings. The monoisotopic (exact) mass is 113 g/mol. The zero-order valence-electron chi connectivity index (χ0n) is 4.32. The summed E-state index contributed by atoms with van der Waals surface area (Å²) in [7, 11) is 0. The topological polar surface area (TPSA) is 40.5 Å². The highest BCUT2D eigenvalue weighted by Crippen LogP contribution is 2.07. The maximum absolute atomic E-state index is 9.93. The maximum atomic E-state index is 9.93. The minimum absolute atomic E-state index is 0.554. The summed E-state index contributed by atoms with van der Waals surface area (Å²) in [4.78, 5) is 11.2. The molecule has 3 nitrogen and oxygen atoms in total. The smallest absolute Gasteiger partial charge is 0.215 e. The predicted octanol–water partition coefficient (Wildman–Crippen LogP) is -0.319. The number of amides is 1. The number of rotatable bonds is 1. The van der Waals surface area contributed by atoms with E-state index < -0.39 is 6.23 Å². The third-order valence-corrected chi connectivity index (χ3v) is 1.09. The molecule has 1 rings (SSSR count).